The summed E-state index contributed by atoms with van der Waals surface area (Å²) < 4.78 is 0. The van der Waals surface area contributed by atoms with E-state index in [4.69, 9.17) is 0 Å². The first-order chi connectivity index (χ1) is 9.65. The molecule has 0 aromatic rings. The van der Waals surface area contributed by atoms with E-state index in [1.807, 2.05) is 0 Å². The minimum atomic E-state index is 0.560. The van der Waals surface area contributed by atoms with Crippen molar-refractivity contribution in [2.24, 2.45) is 11.3 Å². The molecule has 2 heteroatoms. The van der Waals surface area contributed by atoms with Crippen molar-refractivity contribution < 1.29 is 0 Å². The molecule has 2 nitrogen and oxygen atoms in total. The first-order valence-electron chi connectivity index (χ1n) is 9.10. The zero-order valence-corrected chi connectivity index (χ0v) is 14.1. The number of rotatable bonds is 6. The fourth-order valence-electron chi connectivity index (χ4n) is 4.44. The third kappa shape index (κ3) is 4.46. The number of nitrogens with one attached hydrogen (secondary N) is 1. The van der Waals surface area contributed by atoms with Crippen molar-refractivity contribution in [2.75, 3.05) is 26.2 Å². The highest BCUT2D eigenvalue weighted by Crippen LogP contribution is 2.37. The van der Waals surface area contributed by atoms with Crippen LogP contribution in [0.15, 0.2) is 0 Å². The van der Waals surface area contributed by atoms with Crippen molar-refractivity contribution in [3.8, 4) is 0 Å². The molecule has 1 aliphatic carbocycles. The van der Waals surface area contributed by atoms with Crippen molar-refractivity contribution in [1.29, 1.82) is 0 Å². The molecule has 118 valence electrons. The van der Waals surface area contributed by atoms with Crippen LogP contribution in [-0.4, -0.2) is 37.1 Å². The Morgan fingerprint density at radius 1 is 1.10 bits per heavy atom. The SMILES string of the molecule is CCCNCC1(CN2CC(C)CC2C)CCCCCC1. The minimum absolute atomic E-state index is 0.560. The molecule has 2 atom stereocenters. The van der Waals surface area contributed by atoms with Gasteiger partial charge in [-0.05, 0) is 50.5 Å². The van der Waals surface area contributed by atoms with E-state index in [1.54, 1.807) is 0 Å². The van der Waals surface area contributed by atoms with Gasteiger partial charge >= 0.3 is 0 Å². The molecular formula is C18H36N2. The molecule has 0 amide bonds. The molecule has 2 rings (SSSR count). The highest BCUT2D eigenvalue weighted by Gasteiger charge is 2.36. The Labute approximate surface area is 126 Å². The van der Waals surface area contributed by atoms with Gasteiger partial charge in [0, 0.05) is 25.7 Å². The number of hydrogen-bond acceptors (Lipinski definition) is 2. The number of hydrogen-bond donors (Lipinski definition) is 1. The molecule has 2 aliphatic rings. The topological polar surface area (TPSA) is 15.3 Å². The lowest BCUT2D eigenvalue weighted by Gasteiger charge is -2.38. The Balaban J connectivity index is 1.97. The van der Waals surface area contributed by atoms with Crippen LogP contribution >= 0.6 is 0 Å². The number of nitrogens with zero attached hydrogens (tertiary/aromatic N) is 1. The summed E-state index contributed by atoms with van der Waals surface area (Å²) in [6.45, 7) is 12.2. The largest absolute Gasteiger partial charge is 0.316 e. The van der Waals surface area contributed by atoms with Crippen LogP contribution in [0.4, 0.5) is 0 Å². The van der Waals surface area contributed by atoms with E-state index in [0.29, 0.717) is 5.41 Å². The molecule has 0 aromatic heterocycles. The third-order valence-corrected chi connectivity index (χ3v) is 5.54. The highest BCUT2D eigenvalue weighted by atomic mass is 15.2. The van der Waals surface area contributed by atoms with Gasteiger partial charge in [0.15, 0.2) is 0 Å². The molecule has 0 radical (unpaired) electrons. The lowest BCUT2D eigenvalue weighted by Crippen LogP contribution is -2.45. The van der Waals surface area contributed by atoms with Crippen LogP contribution in [0.1, 0.15) is 72.1 Å². The van der Waals surface area contributed by atoms with Crippen LogP contribution in [0, 0.1) is 11.3 Å². The highest BCUT2D eigenvalue weighted by molar-refractivity contribution is 4.91. The summed E-state index contributed by atoms with van der Waals surface area (Å²) in [5.74, 6) is 0.899. The molecule has 1 heterocycles. The fraction of sp³-hybridized carbons (Fsp3) is 1.00. The van der Waals surface area contributed by atoms with Gasteiger partial charge in [-0.3, -0.25) is 4.90 Å². The zero-order valence-electron chi connectivity index (χ0n) is 14.1. The molecule has 0 bridgehead atoms. The van der Waals surface area contributed by atoms with Gasteiger partial charge < -0.3 is 5.32 Å². The van der Waals surface area contributed by atoms with Crippen LogP contribution in [0.5, 0.6) is 0 Å². The maximum atomic E-state index is 3.75. The van der Waals surface area contributed by atoms with Crippen LogP contribution in [-0.2, 0) is 0 Å². The van der Waals surface area contributed by atoms with E-state index in [1.165, 1.54) is 77.5 Å². The average Bonchev–Trinajstić information content (AvgIpc) is 2.62. The van der Waals surface area contributed by atoms with Crippen molar-refractivity contribution in [3.63, 3.8) is 0 Å². The summed E-state index contributed by atoms with van der Waals surface area (Å²) in [5.41, 5.74) is 0.560. The maximum absolute atomic E-state index is 3.75. The molecular weight excluding hydrogens is 244 g/mol. The quantitative estimate of drug-likeness (QED) is 0.583. The Morgan fingerprint density at radius 3 is 2.35 bits per heavy atom. The van der Waals surface area contributed by atoms with E-state index < -0.39 is 0 Å². The van der Waals surface area contributed by atoms with Gasteiger partial charge in [0.2, 0.25) is 0 Å². The summed E-state index contributed by atoms with van der Waals surface area (Å²) in [7, 11) is 0. The van der Waals surface area contributed by atoms with E-state index >= 15 is 0 Å². The first kappa shape index (κ1) is 16.3. The van der Waals surface area contributed by atoms with Gasteiger partial charge in [-0.2, -0.15) is 0 Å². The Morgan fingerprint density at radius 2 is 1.80 bits per heavy atom. The van der Waals surface area contributed by atoms with Crippen molar-refractivity contribution in [2.45, 2.75) is 78.2 Å². The smallest absolute Gasteiger partial charge is 0.00702 e. The molecule has 1 N–H and O–H groups in total. The molecule has 1 saturated heterocycles. The predicted octanol–water partition coefficient (Wildman–Crippen LogP) is 4.06. The van der Waals surface area contributed by atoms with Crippen molar-refractivity contribution in [3.05, 3.63) is 0 Å². The molecule has 1 saturated carbocycles. The summed E-state index contributed by atoms with van der Waals surface area (Å²) >= 11 is 0. The molecule has 2 unspecified atom stereocenters. The zero-order chi connectivity index (χ0) is 14.4. The van der Waals surface area contributed by atoms with E-state index in [2.05, 4.69) is 31.0 Å². The Hall–Kier alpha value is -0.0800. The van der Waals surface area contributed by atoms with Gasteiger partial charge in [-0.25, -0.2) is 0 Å². The van der Waals surface area contributed by atoms with Gasteiger partial charge in [-0.15, -0.1) is 0 Å². The van der Waals surface area contributed by atoms with Gasteiger partial charge in [-0.1, -0.05) is 39.5 Å². The Bertz CT molecular complexity index is 269. The second-order valence-electron chi connectivity index (χ2n) is 7.71. The molecule has 1 aliphatic heterocycles. The second kappa shape index (κ2) is 7.79. The number of likely N-dealkylation sites (tertiary alicyclic amines) is 1. The predicted molar refractivity (Wildman–Crippen MR) is 88.1 cm³/mol. The van der Waals surface area contributed by atoms with E-state index in [0.717, 1.165) is 12.0 Å². The molecule has 0 spiro atoms. The van der Waals surface area contributed by atoms with Gasteiger partial charge in [0.05, 0.1) is 0 Å². The summed E-state index contributed by atoms with van der Waals surface area (Å²) in [4.78, 5) is 2.80. The van der Waals surface area contributed by atoms with Crippen molar-refractivity contribution >= 4 is 0 Å². The van der Waals surface area contributed by atoms with Gasteiger partial charge in [0.1, 0.15) is 0 Å². The average molecular weight is 280 g/mol. The molecule has 20 heavy (non-hydrogen) atoms. The Kier molecular flexibility index (Phi) is 6.35. The maximum Gasteiger partial charge on any atom is 0.00702 e. The lowest BCUT2D eigenvalue weighted by molar-refractivity contribution is 0.121. The van der Waals surface area contributed by atoms with Gasteiger partial charge in [0.25, 0.3) is 0 Å². The standard InChI is InChI=1S/C18H36N2/c1-4-11-19-14-18(9-7-5-6-8-10-18)15-20-13-16(2)12-17(20)3/h16-17,19H,4-15H2,1-3H3. The minimum Gasteiger partial charge on any atom is -0.316 e. The van der Waals surface area contributed by atoms with Crippen LogP contribution in [0.25, 0.3) is 0 Å². The third-order valence-electron chi connectivity index (χ3n) is 5.54. The normalized spacial score (nSPS) is 31.4. The molecule has 0 aromatic carbocycles. The summed E-state index contributed by atoms with van der Waals surface area (Å²) in [5, 5.41) is 3.75. The van der Waals surface area contributed by atoms with E-state index in [9.17, 15) is 0 Å². The monoisotopic (exact) mass is 280 g/mol. The van der Waals surface area contributed by atoms with Crippen molar-refractivity contribution in [1.82, 2.24) is 10.2 Å². The van der Waals surface area contributed by atoms with Crippen LogP contribution in [0.3, 0.4) is 0 Å². The summed E-state index contributed by atoms with van der Waals surface area (Å²) in [6, 6.07) is 0.802. The van der Waals surface area contributed by atoms with E-state index in [-0.39, 0.29) is 0 Å². The first-order valence-corrected chi connectivity index (χ1v) is 9.10. The second-order valence-corrected chi connectivity index (χ2v) is 7.71. The fourth-order valence-corrected chi connectivity index (χ4v) is 4.44. The van der Waals surface area contributed by atoms with Crippen LogP contribution < -0.4 is 5.32 Å². The van der Waals surface area contributed by atoms with Crippen LogP contribution in [0.2, 0.25) is 0 Å². The lowest BCUT2D eigenvalue weighted by atomic mass is 9.79. The molecule has 2 fully saturated rings. The summed E-state index contributed by atoms with van der Waals surface area (Å²) in [6.07, 6.45) is 11.4.